The van der Waals surface area contributed by atoms with Crippen LogP contribution in [0.2, 0.25) is 0 Å². The number of nitrogens with one attached hydrogen (secondary N) is 2. The Labute approximate surface area is 191 Å². The first-order valence-electron chi connectivity index (χ1n) is 10.9. The van der Waals surface area contributed by atoms with Crippen LogP contribution in [0.5, 0.6) is 11.5 Å². The smallest absolute Gasteiger partial charge is 0.138 e. The summed E-state index contributed by atoms with van der Waals surface area (Å²) in [7, 11) is 0. The highest BCUT2D eigenvalue weighted by atomic mass is 16.5. The second-order valence-electron chi connectivity index (χ2n) is 8.31. The largest absolute Gasteiger partial charge is 0.457 e. The van der Waals surface area contributed by atoms with E-state index in [9.17, 15) is 0 Å². The minimum absolute atomic E-state index is 0.797. The van der Waals surface area contributed by atoms with Crippen molar-refractivity contribution in [2.45, 2.75) is 13.8 Å². The topological polar surface area (TPSA) is 66.6 Å². The van der Waals surface area contributed by atoms with Crippen LogP contribution >= 0.6 is 0 Å². The zero-order valence-electron chi connectivity index (χ0n) is 18.4. The molecule has 2 N–H and O–H groups in total. The van der Waals surface area contributed by atoms with Crippen molar-refractivity contribution in [3.63, 3.8) is 0 Å². The Bertz CT molecular complexity index is 1590. The second kappa shape index (κ2) is 7.64. The molecule has 2 heterocycles. The van der Waals surface area contributed by atoms with Crippen molar-refractivity contribution < 1.29 is 4.74 Å². The van der Waals surface area contributed by atoms with Gasteiger partial charge in [0, 0.05) is 5.56 Å². The third kappa shape index (κ3) is 3.74. The number of aryl methyl sites for hydroxylation is 2. The van der Waals surface area contributed by atoms with Gasteiger partial charge in [0.2, 0.25) is 0 Å². The van der Waals surface area contributed by atoms with Crippen molar-refractivity contribution in [2.24, 2.45) is 0 Å². The Morgan fingerprint density at radius 1 is 0.576 bits per heavy atom. The van der Waals surface area contributed by atoms with Crippen molar-refractivity contribution >= 4 is 22.1 Å². The van der Waals surface area contributed by atoms with Gasteiger partial charge in [0.05, 0.1) is 22.1 Å². The standard InChI is InChI=1S/C28H22N4O/c1-17-3-9-22(10-4-17)33-23-11-5-19(6-12-23)28-31-25-14-8-21(16-27(25)32-28)20-7-13-24-26(15-20)30-18(2)29-24/h3-16H,1-2H3,(H,29,30)(H,31,32). The van der Waals surface area contributed by atoms with E-state index in [0.29, 0.717) is 0 Å². The molecular weight excluding hydrogens is 408 g/mol. The lowest BCUT2D eigenvalue weighted by molar-refractivity contribution is 0.482. The molecular formula is C28H22N4O. The Kier molecular flexibility index (Phi) is 4.47. The first-order chi connectivity index (χ1) is 16.1. The number of aromatic amines is 2. The van der Waals surface area contributed by atoms with Crippen LogP contribution in [-0.4, -0.2) is 19.9 Å². The van der Waals surface area contributed by atoms with Crippen LogP contribution < -0.4 is 4.74 Å². The molecule has 4 aromatic carbocycles. The molecule has 160 valence electrons. The van der Waals surface area contributed by atoms with Gasteiger partial charge in [-0.1, -0.05) is 29.8 Å². The maximum Gasteiger partial charge on any atom is 0.138 e. The van der Waals surface area contributed by atoms with Crippen LogP contribution in [0.1, 0.15) is 11.4 Å². The molecule has 0 unspecified atom stereocenters. The molecule has 0 fully saturated rings. The van der Waals surface area contributed by atoms with Gasteiger partial charge in [0.15, 0.2) is 0 Å². The molecule has 0 saturated carbocycles. The molecule has 2 aromatic heterocycles. The zero-order chi connectivity index (χ0) is 22.4. The Balaban J connectivity index is 1.28. The molecule has 0 aliphatic heterocycles. The third-order valence-electron chi connectivity index (χ3n) is 5.80. The number of hydrogen-bond acceptors (Lipinski definition) is 3. The van der Waals surface area contributed by atoms with Gasteiger partial charge in [-0.25, -0.2) is 9.97 Å². The van der Waals surface area contributed by atoms with Crippen molar-refractivity contribution in [2.75, 3.05) is 0 Å². The van der Waals surface area contributed by atoms with Gasteiger partial charge in [-0.15, -0.1) is 0 Å². The molecule has 0 bridgehead atoms. The van der Waals surface area contributed by atoms with Gasteiger partial charge >= 0.3 is 0 Å². The number of H-pyrrole nitrogens is 2. The summed E-state index contributed by atoms with van der Waals surface area (Å²) in [5, 5.41) is 0. The summed E-state index contributed by atoms with van der Waals surface area (Å²) in [6.45, 7) is 4.03. The van der Waals surface area contributed by atoms with Gasteiger partial charge in [-0.05, 0) is 85.6 Å². The van der Waals surface area contributed by atoms with Crippen molar-refractivity contribution in [3.05, 3.63) is 96.3 Å². The van der Waals surface area contributed by atoms with E-state index < -0.39 is 0 Å². The van der Waals surface area contributed by atoms with E-state index in [0.717, 1.165) is 61.9 Å². The van der Waals surface area contributed by atoms with Crippen LogP contribution in [0.15, 0.2) is 84.9 Å². The average molecular weight is 431 g/mol. The van der Waals surface area contributed by atoms with Crippen molar-refractivity contribution in [1.82, 2.24) is 19.9 Å². The number of benzene rings is 4. The summed E-state index contributed by atoms with van der Waals surface area (Å²) >= 11 is 0. The molecule has 0 atom stereocenters. The second-order valence-corrected chi connectivity index (χ2v) is 8.31. The number of nitrogens with zero attached hydrogens (tertiary/aromatic N) is 2. The predicted octanol–water partition coefficient (Wildman–Crippen LogP) is 7.18. The molecule has 5 heteroatoms. The fraction of sp³-hybridized carbons (Fsp3) is 0.0714. The summed E-state index contributed by atoms with van der Waals surface area (Å²) < 4.78 is 5.94. The van der Waals surface area contributed by atoms with Gasteiger partial charge in [-0.3, -0.25) is 0 Å². The maximum atomic E-state index is 5.94. The Morgan fingerprint density at radius 3 is 1.79 bits per heavy atom. The number of rotatable bonds is 4. The summed E-state index contributed by atoms with van der Waals surface area (Å²) in [4.78, 5) is 16.0. The fourth-order valence-corrected chi connectivity index (χ4v) is 4.07. The molecule has 0 spiro atoms. The highest BCUT2D eigenvalue weighted by Crippen LogP contribution is 2.29. The lowest BCUT2D eigenvalue weighted by atomic mass is 10.0. The summed E-state index contributed by atoms with van der Waals surface area (Å²) in [5.74, 6) is 3.38. The molecule has 6 aromatic rings. The number of hydrogen-bond donors (Lipinski definition) is 2. The normalized spacial score (nSPS) is 11.3. The lowest BCUT2D eigenvalue weighted by Gasteiger charge is -2.06. The molecule has 33 heavy (non-hydrogen) atoms. The van der Waals surface area contributed by atoms with Crippen LogP contribution in [0.4, 0.5) is 0 Å². The highest BCUT2D eigenvalue weighted by molar-refractivity contribution is 5.87. The summed E-state index contributed by atoms with van der Waals surface area (Å²) in [5.41, 5.74) is 8.46. The monoisotopic (exact) mass is 430 g/mol. The first kappa shape index (κ1) is 19.3. The Morgan fingerprint density at radius 2 is 1.12 bits per heavy atom. The van der Waals surface area contributed by atoms with Crippen LogP contribution in [0, 0.1) is 13.8 Å². The van der Waals surface area contributed by atoms with Gasteiger partial charge in [0.1, 0.15) is 23.1 Å². The van der Waals surface area contributed by atoms with Crippen molar-refractivity contribution in [3.8, 4) is 34.0 Å². The quantitative estimate of drug-likeness (QED) is 0.311. The number of ether oxygens (including phenoxy) is 1. The van der Waals surface area contributed by atoms with Gasteiger partial charge < -0.3 is 14.7 Å². The van der Waals surface area contributed by atoms with Crippen LogP contribution in [-0.2, 0) is 0 Å². The Hall–Kier alpha value is -4.38. The average Bonchev–Trinajstić information content (AvgIpc) is 3.42. The van der Waals surface area contributed by atoms with Crippen LogP contribution in [0.25, 0.3) is 44.6 Å². The molecule has 5 nitrogen and oxygen atoms in total. The van der Waals surface area contributed by atoms with E-state index in [1.165, 1.54) is 5.56 Å². The van der Waals surface area contributed by atoms with Gasteiger partial charge in [0.25, 0.3) is 0 Å². The minimum atomic E-state index is 0.797. The molecule has 0 aliphatic carbocycles. The summed E-state index contributed by atoms with van der Waals surface area (Å²) in [6.07, 6.45) is 0. The predicted molar refractivity (Wildman–Crippen MR) is 133 cm³/mol. The summed E-state index contributed by atoms with van der Waals surface area (Å²) in [6, 6.07) is 28.6. The van der Waals surface area contributed by atoms with Crippen LogP contribution in [0.3, 0.4) is 0 Å². The maximum absolute atomic E-state index is 5.94. The van der Waals surface area contributed by atoms with E-state index in [4.69, 9.17) is 9.72 Å². The van der Waals surface area contributed by atoms with E-state index in [1.807, 2.05) is 55.5 Å². The minimum Gasteiger partial charge on any atom is -0.457 e. The van der Waals surface area contributed by atoms with Crippen molar-refractivity contribution in [1.29, 1.82) is 0 Å². The number of aromatic nitrogens is 4. The van der Waals surface area contributed by atoms with E-state index in [-0.39, 0.29) is 0 Å². The molecule has 0 amide bonds. The zero-order valence-corrected chi connectivity index (χ0v) is 18.4. The molecule has 6 rings (SSSR count). The van der Waals surface area contributed by atoms with E-state index >= 15 is 0 Å². The number of fused-ring (bicyclic) bond motifs is 2. The lowest BCUT2D eigenvalue weighted by Crippen LogP contribution is -1.85. The molecule has 0 aliphatic rings. The van der Waals surface area contributed by atoms with E-state index in [1.54, 1.807) is 0 Å². The number of imidazole rings is 2. The molecule has 0 radical (unpaired) electrons. The highest BCUT2D eigenvalue weighted by Gasteiger charge is 2.09. The third-order valence-corrected chi connectivity index (χ3v) is 5.80. The first-order valence-corrected chi connectivity index (χ1v) is 10.9. The fourth-order valence-electron chi connectivity index (χ4n) is 4.07. The van der Waals surface area contributed by atoms with E-state index in [2.05, 4.69) is 58.3 Å². The van der Waals surface area contributed by atoms with Gasteiger partial charge in [-0.2, -0.15) is 0 Å². The SMILES string of the molecule is Cc1ccc(Oc2ccc(-c3nc4ccc(-c5ccc6nc(C)[nH]c6c5)cc4[nH]3)cc2)cc1. The molecule has 0 saturated heterocycles.